The molecule has 25 heavy (non-hydrogen) atoms. The summed E-state index contributed by atoms with van der Waals surface area (Å²) in [6.07, 6.45) is 2.46. The van der Waals surface area contributed by atoms with E-state index in [9.17, 15) is 4.79 Å². The third-order valence-corrected chi connectivity index (χ3v) is 5.21. The van der Waals surface area contributed by atoms with Gasteiger partial charge in [0.15, 0.2) is 0 Å². The largest absolute Gasteiger partial charge is 0.350 e. The maximum Gasteiger partial charge on any atom is 0.251 e. The number of piperidine rings is 1. The minimum Gasteiger partial charge on any atom is -0.350 e. The van der Waals surface area contributed by atoms with E-state index in [0.717, 1.165) is 24.6 Å². The Bertz CT molecular complexity index is 673. The number of benzene rings is 2. The summed E-state index contributed by atoms with van der Waals surface area (Å²) < 4.78 is 0. The predicted molar refractivity (Wildman–Crippen MR) is 103 cm³/mol. The lowest BCUT2D eigenvalue weighted by molar-refractivity contribution is 0.0913. The Hall–Kier alpha value is -2.13. The van der Waals surface area contributed by atoms with Gasteiger partial charge in [0, 0.05) is 12.1 Å². The molecule has 3 rings (SSSR count). The highest BCUT2D eigenvalue weighted by Gasteiger charge is 2.25. The normalized spacial score (nSPS) is 17.2. The van der Waals surface area contributed by atoms with Gasteiger partial charge in [0.1, 0.15) is 0 Å². The van der Waals surface area contributed by atoms with E-state index in [0.29, 0.717) is 6.54 Å². The maximum atomic E-state index is 12.5. The fourth-order valence-corrected chi connectivity index (χ4v) is 3.47. The zero-order valence-electron chi connectivity index (χ0n) is 15.2. The van der Waals surface area contributed by atoms with Crippen LogP contribution in [0.3, 0.4) is 0 Å². The summed E-state index contributed by atoms with van der Waals surface area (Å²) in [5.74, 6) is 0.807. The Balaban J connectivity index is 1.69. The molecule has 1 saturated heterocycles. The molecule has 2 aromatic carbocycles. The minimum atomic E-state index is 0.00584. The highest BCUT2D eigenvalue weighted by atomic mass is 16.1. The van der Waals surface area contributed by atoms with Crippen molar-refractivity contribution in [3.63, 3.8) is 0 Å². The average molecular weight is 336 g/mol. The molecular weight excluding hydrogens is 308 g/mol. The monoisotopic (exact) mass is 336 g/mol. The summed E-state index contributed by atoms with van der Waals surface area (Å²) in [6, 6.07) is 18.5. The first-order valence-electron chi connectivity index (χ1n) is 9.27. The summed E-state index contributed by atoms with van der Waals surface area (Å²) in [7, 11) is 0. The lowest BCUT2D eigenvalue weighted by Gasteiger charge is -2.37. The van der Waals surface area contributed by atoms with Crippen LogP contribution in [-0.2, 0) is 0 Å². The molecule has 1 N–H and O–H groups in total. The Kier molecular flexibility index (Phi) is 5.87. The molecule has 0 bridgehead atoms. The van der Waals surface area contributed by atoms with E-state index < -0.39 is 0 Å². The van der Waals surface area contributed by atoms with Crippen LogP contribution in [0.5, 0.6) is 0 Å². The van der Waals surface area contributed by atoms with E-state index in [-0.39, 0.29) is 11.9 Å². The first kappa shape index (κ1) is 17.7. The van der Waals surface area contributed by atoms with Crippen molar-refractivity contribution < 1.29 is 4.79 Å². The van der Waals surface area contributed by atoms with Crippen LogP contribution < -0.4 is 5.32 Å². The molecular formula is C22H28N2O. The van der Waals surface area contributed by atoms with Gasteiger partial charge in [-0.05, 0) is 56.5 Å². The summed E-state index contributed by atoms with van der Waals surface area (Å²) in [5, 5.41) is 3.14. The highest BCUT2D eigenvalue weighted by molar-refractivity contribution is 5.94. The van der Waals surface area contributed by atoms with Gasteiger partial charge >= 0.3 is 0 Å². The van der Waals surface area contributed by atoms with Gasteiger partial charge in [0.05, 0.1) is 6.04 Å². The van der Waals surface area contributed by atoms with Crippen LogP contribution in [0, 0.1) is 12.8 Å². The first-order chi connectivity index (χ1) is 12.1. The van der Waals surface area contributed by atoms with Gasteiger partial charge in [0.25, 0.3) is 5.91 Å². The minimum absolute atomic E-state index is 0.00584. The lowest BCUT2D eigenvalue weighted by atomic mass is 9.95. The number of nitrogens with one attached hydrogen (secondary N) is 1. The predicted octanol–water partition coefficient (Wildman–Crippen LogP) is 4.20. The molecule has 0 saturated carbocycles. The second kappa shape index (κ2) is 8.30. The number of likely N-dealkylation sites (tertiary alicyclic amines) is 1. The maximum absolute atomic E-state index is 12.5. The molecule has 1 heterocycles. The second-order valence-corrected chi connectivity index (χ2v) is 7.22. The molecule has 132 valence electrons. The smallest absolute Gasteiger partial charge is 0.251 e. The van der Waals surface area contributed by atoms with E-state index in [1.807, 2.05) is 37.3 Å². The number of aryl methyl sites for hydroxylation is 1. The number of nitrogens with zero attached hydrogens (tertiary/aromatic N) is 1. The zero-order valence-corrected chi connectivity index (χ0v) is 15.2. The van der Waals surface area contributed by atoms with Crippen molar-refractivity contribution in [2.45, 2.75) is 32.7 Å². The van der Waals surface area contributed by atoms with Crippen molar-refractivity contribution in [3.05, 3.63) is 71.3 Å². The SMILES string of the molecule is Cc1ccc(C(=O)NCC(c2ccccc2)N2CCC(C)CC2)cc1. The quantitative estimate of drug-likeness (QED) is 0.887. The molecule has 0 radical (unpaired) electrons. The zero-order chi connectivity index (χ0) is 17.6. The second-order valence-electron chi connectivity index (χ2n) is 7.22. The molecule has 1 aliphatic heterocycles. The van der Waals surface area contributed by atoms with E-state index in [2.05, 4.69) is 41.4 Å². The first-order valence-corrected chi connectivity index (χ1v) is 9.27. The Morgan fingerprint density at radius 3 is 2.36 bits per heavy atom. The van der Waals surface area contributed by atoms with Crippen molar-refractivity contribution in [1.82, 2.24) is 10.2 Å². The highest BCUT2D eigenvalue weighted by Crippen LogP contribution is 2.26. The van der Waals surface area contributed by atoms with Crippen molar-refractivity contribution in [3.8, 4) is 0 Å². The topological polar surface area (TPSA) is 32.3 Å². The van der Waals surface area contributed by atoms with Gasteiger partial charge in [-0.3, -0.25) is 9.69 Å². The Morgan fingerprint density at radius 1 is 1.08 bits per heavy atom. The number of hydrogen-bond acceptors (Lipinski definition) is 2. The Labute approximate surface area is 151 Å². The number of carbonyl (C=O) groups excluding carboxylic acids is 1. The average Bonchev–Trinajstić information content (AvgIpc) is 2.64. The lowest BCUT2D eigenvalue weighted by Crippen LogP contribution is -2.42. The van der Waals surface area contributed by atoms with Gasteiger partial charge in [-0.1, -0.05) is 55.0 Å². The van der Waals surface area contributed by atoms with Crippen LogP contribution in [0.2, 0.25) is 0 Å². The molecule has 1 amide bonds. The van der Waals surface area contributed by atoms with Crippen LogP contribution >= 0.6 is 0 Å². The van der Waals surface area contributed by atoms with Crippen LogP contribution in [0.15, 0.2) is 54.6 Å². The van der Waals surface area contributed by atoms with Gasteiger partial charge in [-0.15, -0.1) is 0 Å². The standard InChI is InChI=1S/C22H28N2O/c1-17-8-10-20(11-9-17)22(25)23-16-21(19-6-4-3-5-7-19)24-14-12-18(2)13-15-24/h3-11,18,21H,12-16H2,1-2H3,(H,23,25). The molecule has 1 atom stereocenters. The van der Waals surface area contributed by atoms with Crippen molar-refractivity contribution in [2.75, 3.05) is 19.6 Å². The fraction of sp³-hybridized carbons (Fsp3) is 0.409. The molecule has 0 aromatic heterocycles. The van der Waals surface area contributed by atoms with Gasteiger partial charge in [-0.2, -0.15) is 0 Å². The van der Waals surface area contributed by atoms with Gasteiger partial charge < -0.3 is 5.32 Å². The number of rotatable bonds is 5. The van der Waals surface area contributed by atoms with Crippen LogP contribution in [-0.4, -0.2) is 30.4 Å². The Morgan fingerprint density at radius 2 is 1.72 bits per heavy atom. The fourth-order valence-electron chi connectivity index (χ4n) is 3.47. The number of carbonyl (C=O) groups is 1. The van der Waals surface area contributed by atoms with E-state index in [4.69, 9.17) is 0 Å². The molecule has 2 aromatic rings. The van der Waals surface area contributed by atoms with Crippen molar-refractivity contribution >= 4 is 5.91 Å². The molecule has 3 nitrogen and oxygen atoms in total. The third-order valence-electron chi connectivity index (χ3n) is 5.21. The van der Waals surface area contributed by atoms with Gasteiger partial charge in [-0.25, -0.2) is 0 Å². The van der Waals surface area contributed by atoms with Crippen LogP contribution in [0.1, 0.15) is 47.3 Å². The number of hydrogen-bond donors (Lipinski definition) is 1. The summed E-state index contributed by atoms with van der Waals surface area (Å²) in [4.78, 5) is 15.0. The molecule has 1 fully saturated rings. The molecule has 1 unspecified atom stereocenters. The summed E-state index contributed by atoms with van der Waals surface area (Å²) >= 11 is 0. The summed E-state index contributed by atoms with van der Waals surface area (Å²) in [6.45, 7) is 7.20. The van der Waals surface area contributed by atoms with Gasteiger partial charge in [0.2, 0.25) is 0 Å². The number of amides is 1. The molecule has 0 spiro atoms. The van der Waals surface area contributed by atoms with E-state index >= 15 is 0 Å². The van der Waals surface area contributed by atoms with Crippen LogP contribution in [0.4, 0.5) is 0 Å². The van der Waals surface area contributed by atoms with Crippen molar-refractivity contribution in [2.24, 2.45) is 5.92 Å². The molecule has 0 aliphatic carbocycles. The molecule has 3 heteroatoms. The molecule has 1 aliphatic rings. The van der Waals surface area contributed by atoms with Crippen molar-refractivity contribution in [1.29, 1.82) is 0 Å². The van der Waals surface area contributed by atoms with Crippen LogP contribution in [0.25, 0.3) is 0 Å². The third kappa shape index (κ3) is 4.70. The van der Waals surface area contributed by atoms with E-state index in [1.165, 1.54) is 24.0 Å². The van der Waals surface area contributed by atoms with E-state index in [1.54, 1.807) is 0 Å². The summed E-state index contributed by atoms with van der Waals surface area (Å²) in [5.41, 5.74) is 3.17.